The lowest BCUT2D eigenvalue weighted by molar-refractivity contribution is -0.124. The van der Waals surface area contributed by atoms with Crippen molar-refractivity contribution in [2.75, 3.05) is 13.1 Å². The van der Waals surface area contributed by atoms with E-state index in [1.807, 2.05) is 0 Å². The first-order valence-electron chi connectivity index (χ1n) is 8.91. The molecule has 2 unspecified atom stereocenters. The topological polar surface area (TPSA) is 58.4 Å². The maximum absolute atomic E-state index is 12.1. The SMILES string of the molecule is CCC(C)C(N)C(=O)NC1CCN(C2CCCCC2)CC1. The summed E-state index contributed by atoms with van der Waals surface area (Å²) in [5, 5.41) is 3.17. The molecule has 2 rings (SSSR count). The normalized spacial score (nSPS) is 25.5. The second kappa shape index (κ2) is 8.14. The molecule has 4 heteroatoms. The standard InChI is InChI=1S/C17H33N3O/c1-3-13(2)16(18)17(21)19-14-9-11-20(12-10-14)15-7-5-4-6-8-15/h13-16H,3-12,18H2,1-2H3,(H,19,21). The predicted octanol–water partition coefficient (Wildman–Crippen LogP) is 2.27. The third kappa shape index (κ3) is 4.68. The molecule has 0 aromatic heterocycles. The number of carbonyl (C=O) groups is 1. The van der Waals surface area contributed by atoms with Crippen molar-refractivity contribution < 1.29 is 4.79 Å². The highest BCUT2D eigenvalue weighted by Gasteiger charge is 2.28. The van der Waals surface area contributed by atoms with E-state index in [1.54, 1.807) is 0 Å². The lowest BCUT2D eigenvalue weighted by Crippen LogP contribution is -2.52. The van der Waals surface area contributed by atoms with Crippen LogP contribution in [0, 0.1) is 5.92 Å². The Morgan fingerprint density at radius 1 is 1.19 bits per heavy atom. The van der Waals surface area contributed by atoms with Crippen LogP contribution < -0.4 is 11.1 Å². The van der Waals surface area contributed by atoms with Gasteiger partial charge in [-0.3, -0.25) is 4.79 Å². The summed E-state index contributed by atoms with van der Waals surface area (Å²) in [5.41, 5.74) is 6.01. The number of hydrogen-bond acceptors (Lipinski definition) is 3. The highest BCUT2D eigenvalue weighted by atomic mass is 16.2. The fraction of sp³-hybridized carbons (Fsp3) is 0.941. The Hall–Kier alpha value is -0.610. The van der Waals surface area contributed by atoms with Gasteiger partial charge in [0.1, 0.15) is 0 Å². The van der Waals surface area contributed by atoms with Gasteiger partial charge in [0, 0.05) is 25.2 Å². The molecule has 1 saturated carbocycles. The van der Waals surface area contributed by atoms with Crippen molar-refractivity contribution in [3.05, 3.63) is 0 Å². The number of carbonyl (C=O) groups excluding carboxylic acids is 1. The van der Waals surface area contributed by atoms with E-state index in [4.69, 9.17) is 5.73 Å². The number of rotatable bonds is 5. The molecule has 1 amide bonds. The van der Waals surface area contributed by atoms with Crippen LogP contribution in [0.1, 0.15) is 65.2 Å². The van der Waals surface area contributed by atoms with Crippen molar-refractivity contribution in [3.8, 4) is 0 Å². The van der Waals surface area contributed by atoms with Gasteiger partial charge in [-0.15, -0.1) is 0 Å². The van der Waals surface area contributed by atoms with Gasteiger partial charge in [-0.05, 0) is 31.6 Å². The molecule has 122 valence electrons. The zero-order valence-electron chi connectivity index (χ0n) is 13.8. The molecule has 1 aliphatic carbocycles. The predicted molar refractivity (Wildman–Crippen MR) is 87.0 cm³/mol. The summed E-state index contributed by atoms with van der Waals surface area (Å²) in [5.74, 6) is 0.299. The van der Waals surface area contributed by atoms with Crippen molar-refractivity contribution in [1.82, 2.24) is 10.2 Å². The quantitative estimate of drug-likeness (QED) is 0.818. The third-order valence-electron chi connectivity index (χ3n) is 5.53. The fourth-order valence-electron chi connectivity index (χ4n) is 3.66. The van der Waals surface area contributed by atoms with Gasteiger partial charge in [0.2, 0.25) is 5.91 Å². The van der Waals surface area contributed by atoms with E-state index in [2.05, 4.69) is 24.1 Å². The molecule has 0 aromatic carbocycles. The van der Waals surface area contributed by atoms with Gasteiger partial charge in [-0.25, -0.2) is 0 Å². The number of amides is 1. The Kier molecular flexibility index (Phi) is 6.49. The third-order valence-corrected chi connectivity index (χ3v) is 5.53. The summed E-state index contributed by atoms with van der Waals surface area (Å²) >= 11 is 0. The zero-order chi connectivity index (χ0) is 15.2. The smallest absolute Gasteiger partial charge is 0.237 e. The average molecular weight is 295 g/mol. The monoisotopic (exact) mass is 295 g/mol. The average Bonchev–Trinajstić information content (AvgIpc) is 2.54. The van der Waals surface area contributed by atoms with E-state index < -0.39 is 0 Å². The van der Waals surface area contributed by atoms with Crippen LogP contribution in [0.4, 0.5) is 0 Å². The van der Waals surface area contributed by atoms with Crippen molar-refractivity contribution in [2.45, 2.75) is 83.3 Å². The van der Waals surface area contributed by atoms with Crippen LogP contribution in [0.25, 0.3) is 0 Å². The second-order valence-corrected chi connectivity index (χ2v) is 7.02. The minimum Gasteiger partial charge on any atom is -0.352 e. The molecule has 3 N–H and O–H groups in total. The first kappa shape index (κ1) is 16.8. The number of nitrogens with two attached hydrogens (primary N) is 1. The van der Waals surface area contributed by atoms with Gasteiger partial charge < -0.3 is 16.0 Å². The molecular formula is C17H33N3O. The van der Waals surface area contributed by atoms with Gasteiger partial charge in [0.05, 0.1) is 6.04 Å². The van der Waals surface area contributed by atoms with Crippen LogP contribution in [0.2, 0.25) is 0 Å². The fourth-order valence-corrected chi connectivity index (χ4v) is 3.66. The van der Waals surface area contributed by atoms with Crippen LogP contribution in [0.15, 0.2) is 0 Å². The minimum atomic E-state index is -0.355. The highest BCUT2D eigenvalue weighted by molar-refractivity contribution is 5.82. The Bertz CT molecular complexity index is 320. The molecule has 2 fully saturated rings. The molecule has 2 aliphatic rings. The maximum atomic E-state index is 12.1. The summed E-state index contributed by atoms with van der Waals surface area (Å²) in [7, 11) is 0. The lowest BCUT2D eigenvalue weighted by Gasteiger charge is -2.39. The first-order valence-corrected chi connectivity index (χ1v) is 8.91. The summed E-state index contributed by atoms with van der Waals surface area (Å²) in [6, 6.07) is 0.775. The van der Waals surface area contributed by atoms with Crippen molar-refractivity contribution >= 4 is 5.91 Å². The van der Waals surface area contributed by atoms with Crippen LogP contribution in [0.3, 0.4) is 0 Å². The van der Waals surface area contributed by atoms with Crippen LogP contribution in [-0.2, 0) is 4.79 Å². The number of likely N-dealkylation sites (tertiary alicyclic amines) is 1. The zero-order valence-corrected chi connectivity index (χ0v) is 13.8. The lowest BCUT2D eigenvalue weighted by atomic mass is 9.92. The van der Waals surface area contributed by atoms with Crippen LogP contribution in [0.5, 0.6) is 0 Å². The molecule has 1 heterocycles. The Balaban J connectivity index is 1.72. The van der Waals surface area contributed by atoms with Crippen LogP contribution in [-0.4, -0.2) is 42.0 Å². The van der Waals surface area contributed by atoms with E-state index in [-0.39, 0.29) is 17.9 Å². The molecule has 21 heavy (non-hydrogen) atoms. The molecule has 0 bridgehead atoms. The van der Waals surface area contributed by atoms with E-state index >= 15 is 0 Å². The molecule has 4 nitrogen and oxygen atoms in total. The largest absolute Gasteiger partial charge is 0.352 e. The maximum Gasteiger partial charge on any atom is 0.237 e. The molecule has 0 radical (unpaired) electrons. The van der Waals surface area contributed by atoms with E-state index in [1.165, 1.54) is 32.1 Å². The van der Waals surface area contributed by atoms with Gasteiger partial charge in [0.15, 0.2) is 0 Å². The molecule has 1 aliphatic heterocycles. The van der Waals surface area contributed by atoms with Gasteiger partial charge >= 0.3 is 0 Å². The first-order chi connectivity index (χ1) is 10.1. The molecular weight excluding hydrogens is 262 g/mol. The Labute approximate surface area is 129 Å². The van der Waals surface area contributed by atoms with E-state index in [0.717, 1.165) is 38.4 Å². The minimum absolute atomic E-state index is 0.0421. The van der Waals surface area contributed by atoms with Crippen molar-refractivity contribution in [1.29, 1.82) is 0 Å². The summed E-state index contributed by atoms with van der Waals surface area (Å²) in [4.78, 5) is 14.8. The summed E-state index contributed by atoms with van der Waals surface area (Å²) in [6.45, 7) is 6.40. The summed E-state index contributed by atoms with van der Waals surface area (Å²) < 4.78 is 0. The number of hydrogen-bond donors (Lipinski definition) is 2. The number of piperidine rings is 1. The van der Waals surface area contributed by atoms with Gasteiger partial charge in [-0.1, -0.05) is 39.5 Å². The molecule has 1 saturated heterocycles. The highest BCUT2D eigenvalue weighted by Crippen LogP contribution is 2.25. The van der Waals surface area contributed by atoms with Gasteiger partial charge in [0.25, 0.3) is 0 Å². The molecule has 0 aromatic rings. The Morgan fingerprint density at radius 2 is 1.81 bits per heavy atom. The number of nitrogens with one attached hydrogen (secondary N) is 1. The summed E-state index contributed by atoms with van der Waals surface area (Å²) in [6.07, 6.45) is 10.1. The van der Waals surface area contributed by atoms with Crippen molar-refractivity contribution in [2.24, 2.45) is 11.7 Å². The Morgan fingerprint density at radius 3 is 2.38 bits per heavy atom. The van der Waals surface area contributed by atoms with E-state index in [9.17, 15) is 4.79 Å². The van der Waals surface area contributed by atoms with Crippen LogP contribution >= 0.6 is 0 Å². The van der Waals surface area contributed by atoms with Crippen molar-refractivity contribution in [3.63, 3.8) is 0 Å². The van der Waals surface area contributed by atoms with E-state index in [0.29, 0.717) is 6.04 Å². The molecule has 2 atom stereocenters. The number of nitrogens with zero attached hydrogens (tertiary/aromatic N) is 1. The van der Waals surface area contributed by atoms with Gasteiger partial charge in [-0.2, -0.15) is 0 Å². The molecule has 0 spiro atoms. The second-order valence-electron chi connectivity index (χ2n) is 7.02.